The lowest BCUT2D eigenvalue weighted by Crippen LogP contribution is -2.28. The van der Waals surface area contributed by atoms with Crippen molar-refractivity contribution in [1.29, 1.82) is 0 Å². The van der Waals surface area contributed by atoms with Gasteiger partial charge in [-0.15, -0.1) is 0 Å². The van der Waals surface area contributed by atoms with Crippen molar-refractivity contribution in [3.05, 3.63) is 53.6 Å². The van der Waals surface area contributed by atoms with E-state index in [1.807, 2.05) is 0 Å². The number of rotatable bonds is 6. The summed E-state index contributed by atoms with van der Waals surface area (Å²) in [6.45, 7) is -0.252. The zero-order chi connectivity index (χ0) is 20.1. The molecule has 1 fully saturated rings. The van der Waals surface area contributed by atoms with Crippen LogP contribution in [0.2, 0.25) is 5.02 Å². The predicted octanol–water partition coefficient (Wildman–Crippen LogP) is 2.88. The van der Waals surface area contributed by atoms with Crippen LogP contribution < -0.4 is 15.0 Å². The molecule has 7 nitrogen and oxygen atoms in total. The van der Waals surface area contributed by atoms with Crippen LogP contribution in [0.4, 0.5) is 11.4 Å². The summed E-state index contributed by atoms with van der Waals surface area (Å²) in [5, 5.41) is 3.16. The molecule has 146 valence electrons. The SMILES string of the molecule is COc1ccccc1N1C[C@@H](C(=O)OCC(=O)Nc2ccc(Cl)cc2)CC1=O. The van der Waals surface area contributed by atoms with E-state index >= 15 is 0 Å². The van der Waals surface area contributed by atoms with E-state index in [4.69, 9.17) is 21.1 Å². The molecule has 1 saturated heterocycles. The molecule has 0 aromatic heterocycles. The number of halogens is 1. The lowest BCUT2D eigenvalue weighted by Gasteiger charge is -2.19. The number of nitrogens with zero attached hydrogens (tertiary/aromatic N) is 1. The van der Waals surface area contributed by atoms with Gasteiger partial charge in [-0.25, -0.2) is 0 Å². The minimum atomic E-state index is -0.638. The Hall–Kier alpha value is -3.06. The molecule has 0 bridgehead atoms. The average Bonchev–Trinajstić information content (AvgIpc) is 3.09. The molecular formula is C20H19ClN2O5. The fraction of sp³-hybridized carbons (Fsp3) is 0.250. The first kappa shape index (κ1) is 19.7. The largest absolute Gasteiger partial charge is 0.495 e. The number of hydrogen-bond donors (Lipinski definition) is 1. The molecule has 1 heterocycles. The van der Waals surface area contributed by atoms with Crippen molar-refractivity contribution in [3.63, 3.8) is 0 Å². The van der Waals surface area contributed by atoms with Crippen molar-refractivity contribution < 1.29 is 23.9 Å². The van der Waals surface area contributed by atoms with Gasteiger partial charge in [-0.1, -0.05) is 23.7 Å². The summed E-state index contributed by atoms with van der Waals surface area (Å²) in [5.41, 5.74) is 1.15. The smallest absolute Gasteiger partial charge is 0.311 e. The lowest BCUT2D eigenvalue weighted by molar-refractivity contribution is -0.151. The molecule has 0 aliphatic carbocycles. The highest BCUT2D eigenvalue weighted by Gasteiger charge is 2.37. The van der Waals surface area contributed by atoms with Gasteiger partial charge in [-0.2, -0.15) is 0 Å². The first-order valence-corrected chi connectivity index (χ1v) is 9.01. The first-order chi connectivity index (χ1) is 13.5. The van der Waals surface area contributed by atoms with E-state index in [9.17, 15) is 14.4 Å². The van der Waals surface area contributed by atoms with Gasteiger partial charge in [-0.3, -0.25) is 14.4 Å². The summed E-state index contributed by atoms with van der Waals surface area (Å²) in [7, 11) is 1.52. The molecule has 2 aromatic carbocycles. The molecule has 2 aromatic rings. The highest BCUT2D eigenvalue weighted by molar-refractivity contribution is 6.30. The summed E-state index contributed by atoms with van der Waals surface area (Å²) < 4.78 is 10.4. The lowest BCUT2D eigenvalue weighted by atomic mass is 10.1. The van der Waals surface area contributed by atoms with Gasteiger partial charge < -0.3 is 19.7 Å². The molecular weight excluding hydrogens is 384 g/mol. The minimum Gasteiger partial charge on any atom is -0.495 e. The number of esters is 1. The number of ether oxygens (including phenoxy) is 2. The van der Waals surface area contributed by atoms with Crippen LogP contribution in [0.3, 0.4) is 0 Å². The Kier molecular flexibility index (Phi) is 6.16. The van der Waals surface area contributed by atoms with Crippen LogP contribution in [0, 0.1) is 5.92 Å². The number of para-hydroxylation sites is 2. The number of carbonyl (C=O) groups is 3. The molecule has 8 heteroatoms. The van der Waals surface area contributed by atoms with E-state index in [-0.39, 0.29) is 18.9 Å². The van der Waals surface area contributed by atoms with Crippen LogP contribution in [0.25, 0.3) is 0 Å². The van der Waals surface area contributed by atoms with Crippen molar-refractivity contribution in [2.45, 2.75) is 6.42 Å². The highest BCUT2D eigenvalue weighted by Crippen LogP contribution is 2.33. The first-order valence-electron chi connectivity index (χ1n) is 8.63. The highest BCUT2D eigenvalue weighted by atomic mass is 35.5. The van der Waals surface area contributed by atoms with E-state index in [0.717, 1.165) is 0 Å². The molecule has 1 N–H and O–H groups in total. The summed E-state index contributed by atoms with van der Waals surface area (Å²) >= 11 is 5.79. The van der Waals surface area contributed by atoms with E-state index in [0.29, 0.717) is 22.1 Å². The second kappa shape index (κ2) is 8.75. The number of nitrogens with one attached hydrogen (secondary N) is 1. The molecule has 0 spiro atoms. The second-order valence-corrected chi connectivity index (χ2v) is 6.68. The molecule has 1 atom stereocenters. The van der Waals surface area contributed by atoms with E-state index in [1.54, 1.807) is 48.5 Å². The minimum absolute atomic E-state index is 0.0235. The number of carbonyl (C=O) groups excluding carboxylic acids is 3. The van der Waals surface area contributed by atoms with E-state index in [2.05, 4.69) is 5.32 Å². The zero-order valence-electron chi connectivity index (χ0n) is 15.2. The molecule has 28 heavy (non-hydrogen) atoms. The molecule has 3 rings (SSSR count). The number of methoxy groups -OCH3 is 1. The summed E-state index contributed by atoms with van der Waals surface area (Å²) in [6.07, 6.45) is 0.0235. The van der Waals surface area contributed by atoms with Crippen LogP contribution in [0.15, 0.2) is 48.5 Å². The molecule has 0 saturated carbocycles. The monoisotopic (exact) mass is 402 g/mol. The normalized spacial score (nSPS) is 16.0. The van der Waals surface area contributed by atoms with Gasteiger partial charge in [0.1, 0.15) is 5.75 Å². The molecule has 1 aliphatic heterocycles. The van der Waals surface area contributed by atoms with Crippen LogP contribution in [0.1, 0.15) is 6.42 Å². The Bertz CT molecular complexity index is 884. The van der Waals surface area contributed by atoms with Gasteiger partial charge in [0.2, 0.25) is 5.91 Å². The van der Waals surface area contributed by atoms with Crippen molar-refractivity contribution in [2.24, 2.45) is 5.92 Å². The fourth-order valence-corrected chi connectivity index (χ4v) is 3.06. The van der Waals surface area contributed by atoms with Gasteiger partial charge in [0.15, 0.2) is 6.61 Å². The van der Waals surface area contributed by atoms with Gasteiger partial charge in [0.25, 0.3) is 5.91 Å². The summed E-state index contributed by atoms with van der Waals surface area (Å²) in [6, 6.07) is 13.6. The standard InChI is InChI=1S/C20H19ClN2O5/c1-27-17-5-3-2-4-16(17)23-11-13(10-19(23)25)20(26)28-12-18(24)22-15-8-6-14(21)7-9-15/h2-9,13H,10-12H2,1H3,(H,22,24)/t13-/m0/s1. The Labute approximate surface area is 167 Å². The number of anilines is 2. The Balaban J connectivity index is 1.54. The number of hydrogen-bond acceptors (Lipinski definition) is 5. The topological polar surface area (TPSA) is 84.9 Å². The van der Waals surface area contributed by atoms with Crippen molar-refractivity contribution in [2.75, 3.05) is 30.5 Å². The second-order valence-electron chi connectivity index (χ2n) is 6.24. The predicted molar refractivity (Wildman–Crippen MR) is 104 cm³/mol. The summed E-state index contributed by atoms with van der Waals surface area (Å²) in [5.74, 6) is -1.34. The quantitative estimate of drug-likeness (QED) is 0.751. The number of amides is 2. The molecule has 2 amide bonds. The van der Waals surface area contributed by atoms with E-state index < -0.39 is 24.4 Å². The van der Waals surface area contributed by atoms with Gasteiger partial charge in [0.05, 0.1) is 18.7 Å². The third-order valence-electron chi connectivity index (χ3n) is 4.31. The van der Waals surface area contributed by atoms with Crippen molar-refractivity contribution >= 4 is 40.8 Å². The van der Waals surface area contributed by atoms with Gasteiger partial charge in [-0.05, 0) is 36.4 Å². The Morgan fingerprint density at radius 1 is 1.18 bits per heavy atom. The maximum atomic E-state index is 12.3. The third-order valence-corrected chi connectivity index (χ3v) is 4.56. The fourth-order valence-electron chi connectivity index (χ4n) is 2.94. The Morgan fingerprint density at radius 2 is 1.89 bits per heavy atom. The van der Waals surface area contributed by atoms with Crippen LogP contribution in [0.5, 0.6) is 5.75 Å². The summed E-state index contributed by atoms with van der Waals surface area (Å²) in [4.78, 5) is 38.1. The van der Waals surface area contributed by atoms with Crippen LogP contribution in [-0.4, -0.2) is 38.0 Å². The molecule has 1 aliphatic rings. The van der Waals surface area contributed by atoms with Crippen molar-refractivity contribution in [3.8, 4) is 5.75 Å². The van der Waals surface area contributed by atoms with Gasteiger partial charge >= 0.3 is 5.97 Å². The third kappa shape index (κ3) is 4.61. The van der Waals surface area contributed by atoms with Gasteiger partial charge in [0, 0.05) is 23.7 Å². The van der Waals surface area contributed by atoms with Crippen molar-refractivity contribution in [1.82, 2.24) is 0 Å². The van der Waals surface area contributed by atoms with E-state index in [1.165, 1.54) is 12.0 Å². The maximum absolute atomic E-state index is 12.3. The average molecular weight is 403 g/mol. The maximum Gasteiger partial charge on any atom is 0.311 e. The van der Waals surface area contributed by atoms with Crippen LogP contribution >= 0.6 is 11.6 Å². The Morgan fingerprint density at radius 3 is 2.61 bits per heavy atom. The zero-order valence-corrected chi connectivity index (χ0v) is 15.9. The molecule has 0 unspecified atom stereocenters. The van der Waals surface area contributed by atoms with Crippen LogP contribution in [-0.2, 0) is 19.1 Å². The molecule has 0 radical (unpaired) electrons. The number of benzene rings is 2.